The van der Waals surface area contributed by atoms with Crippen LogP contribution in [-0.2, 0) is 11.8 Å². The Hall–Kier alpha value is -1.73. The third kappa shape index (κ3) is 2.44. The molecule has 4 heterocycles. The van der Waals surface area contributed by atoms with Gasteiger partial charge < -0.3 is 9.64 Å². The molecule has 1 atom stereocenters. The van der Waals surface area contributed by atoms with E-state index in [1.54, 1.807) is 6.33 Å². The maximum Gasteiger partial charge on any atom is 0.163 e. The second-order valence-electron chi connectivity index (χ2n) is 6.09. The van der Waals surface area contributed by atoms with Gasteiger partial charge in [-0.15, -0.1) is 0 Å². The first-order valence-corrected chi connectivity index (χ1v) is 8.02. The van der Waals surface area contributed by atoms with Crippen molar-refractivity contribution in [3.05, 3.63) is 12.5 Å². The molecule has 2 fully saturated rings. The van der Waals surface area contributed by atoms with Gasteiger partial charge in [0.05, 0.1) is 24.8 Å². The van der Waals surface area contributed by atoms with E-state index in [1.165, 1.54) is 12.8 Å². The van der Waals surface area contributed by atoms with Crippen LogP contribution in [0.15, 0.2) is 12.5 Å². The predicted molar refractivity (Wildman–Crippen MR) is 83.9 cm³/mol. The molecule has 0 amide bonds. The van der Waals surface area contributed by atoms with Gasteiger partial charge in [0.1, 0.15) is 12.1 Å². The van der Waals surface area contributed by atoms with E-state index in [4.69, 9.17) is 4.74 Å². The molecule has 0 bridgehead atoms. The van der Waals surface area contributed by atoms with Gasteiger partial charge in [-0.05, 0) is 12.8 Å². The molecular formula is C15H22N6O. The van der Waals surface area contributed by atoms with E-state index in [-0.39, 0.29) is 0 Å². The number of hydrogen-bond donors (Lipinski definition) is 0. The first-order chi connectivity index (χ1) is 10.8. The van der Waals surface area contributed by atoms with Gasteiger partial charge in [-0.25, -0.2) is 9.97 Å². The molecule has 2 aromatic rings. The van der Waals surface area contributed by atoms with Crippen LogP contribution in [0.4, 0.5) is 5.82 Å². The highest BCUT2D eigenvalue weighted by molar-refractivity contribution is 5.86. The summed E-state index contributed by atoms with van der Waals surface area (Å²) in [5.41, 5.74) is 0.901. The zero-order chi connectivity index (χ0) is 14.9. The van der Waals surface area contributed by atoms with E-state index in [0.717, 1.165) is 56.2 Å². The zero-order valence-electron chi connectivity index (χ0n) is 13.0. The molecular weight excluding hydrogens is 280 g/mol. The molecule has 2 aliphatic rings. The van der Waals surface area contributed by atoms with E-state index < -0.39 is 0 Å². The molecule has 2 saturated heterocycles. The molecule has 0 spiro atoms. The normalized spacial score (nSPS) is 24.0. The van der Waals surface area contributed by atoms with Crippen molar-refractivity contribution in [2.45, 2.75) is 18.9 Å². The van der Waals surface area contributed by atoms with E-state index in [0.29, 0.717) is 6.04 Å². The van der Waals surface area contributed by atoms with Crippen LogP contribution in [-0.4, -0.2) is 70.1 Å². The smallest absolute Gasteiger partial charge is 0.163 e. The van der Waals surface area contributed by atoms with Gasteiger partial charge in [0.25, 0.3) is 0 Å². The Labute approximate surface area is 129 Å². The van der Waals surface area contributed by atoms with E-state index in [1.807, 2.05) is 17.9 Å². The molecule has 0 saturated carbocycles. The molecule has 22 heavy (non-hydrogen) atoms. The van der Waals surface area contributed by atoms with Crippen LogP contribution in [0.5, 0.6) is 0 Å². The van der Waals surface area contributed by atoms with Gasteiger partial charge >= 0.3 is 0 Å². The molecule has 2 aromatic heterocycles. The SMILES string of the molecule is Cn1ncc2c(N3CCCC(N4CCOCC4)C3)ncnc21. The summed E-state index contributed by atoms with van der Waals surface area (Å²) in [7, 11) is 1.92. The van der Waals surface area contributed by atoms with Crippen molar-refractivity contribution < 1.29 is 4.74 Å². The van der Waals surface area contributed by atoms with Gasteiger partial charge in [-0.1, -0.05) is 0 Å². The molecule has 7 nitrogen and oxygen atoms in total. The van der Waals surface area contributed by atoms with E-state index in [2.05, 4.69) is 24.9 Å². The Kier molecular flexibility index (Phi) is 3.67. The third-order valence-electron chi connectivity index (χ3n) is 4.77. The van der Waals surface area contributed by atoms with Crippen molar-refractivity contribution in [3.8, 4) is 0 Å². The topological polar surface area (TPSA) is 59.3 Å². The van der Waals surface area contributed by atoms with Crippen molar-refractivity contribution in [2.24, 2.45) is 7.05 Å². The summed E-state index contributed by atoms with van der Waals surface area (Å²) in [6.45, 7) is 5.89. The van der Waals surface area contributed by atoms with Gasteiger partial charge in [-0.3, -0.25) is 9.58 Å². The number of piperidine rings is 1. The number of nitrogens with zero attached hydrogens (tertiary/aromatic N) is 6. The standard InChI is InChI=1S/C15H22N6O/c1-19-14-13(9-18-19)15(17-11-16-14)21-4-2-3-12(10-21)20-5-7-22-8-6-20/h9,11-12H,2-8,10H2,1H3. The lowest BCUT2D eigenvalue weighted by Gasteiger charge is -2.41. The third-order valence-corrected chi connectivity index (χ3v) is 4.77. The Morgan fingerprint density at radius 1 is 1.18 bits per heavy atom. The number of aryl methyl sites for hydroxylation is 1. The quantitative estimate of drug-likeness (QED) is 0.812. The molecule has 0 aromatic carbocycles. The molecule has 2 aliphatic heterocycles. The summed E-state index contributed by atoms with van der Waals surface area (Å²) in [5, 5.41) is 5.37. The summed E-state index contributed by atoms with van der Waals surface area (Å²) in [6.07, 6.45) is 5.99. The summed E-state index contributed by atoms with van der Waals surface area (Å²) in [5.74, 6) is 1.02. The molecule has 1 unspecified atom stereocenters. The molecule has 0 radical (unpaired) electrons. The van der Waals surface area contributed by atoms with Crippen LogP contribution in [0.2, 0.25) is 0 Å². The maximum atomic E-state index is 5.48. The van der Waals surface area contributed by atoms with E-state index >= 15 is 0 Å². The van der Waals surface area contributed by atoms with Crippen molar-refractivity contribution >= 4 is 16.9 Å². The average molecular weight is 302 g/mol. The number of aromatic nitrogens is 4. The summed E-state index contributed by atoms with van der Waals surface area (Å²) in [4.78, 5) is 13.8. The highest BCUT2D eigenvalue weighted by Gasteiger charge is 2.28. The monoisotopic (exact) mass is 302 g/mol. The lowest BCUT2D eigenvalue weighted by molar-refractivity contribution is 0.0137. The minimum absolute atomic E-state index is 0.597. The predicted octanol–water partition coefficient (Wildman–Crippen LogP) is 0.664. The fourth-order valence-electron chi connectivity index (χ4n) is 3.59. The van der Waals surface area contributed by atoms with Crippen LogP contribution in [0.3, 0.4) is 0 Å². The van der Waals surface area contributed by atoms with Crippen molar-refractivity contribution in [3.63, 3.8) is 0 Å². The Morgan fingerprint density at radius 3 is 2.91 bits per heavy atom. The van der Waals surface area contributed by atoms with Gasteiger partial charge in [0.15, 0.2) is 5.65 Å². The van der Waals surface area contributed by atoms with Gasteiger partial charge in [0, 0.05) is 39.3 Å². The van der Waals surface area contributed by atoms with E-state index in [9.17, 15) is 0 Å². The summed E-state index contributed by atoms with van der Waals surface area (Å²) < 4.78 is 7.28. The number of fused-ring (bicyclic) bond motifs is 1. The molecule has 4 rings (SSSR count). The van der Waals surface area contributed by atoms with Crippen LogP contribution in [0, 0.1) is 0 Å². The van der Waals surface area contributed by atoms with Crippen LogP contribution >= 0.6 is 0 Å². The van der Waals surface area contributed by atoms with Crippen molar-refractivity contribution in [2.75, 3.05) is 44.3 Å². The fourth-order valence-corrected chi connectivity index (χ4v) is 3.59. The van der Waals surface area contributed by atoms with Gasteiger partial charge in [0.2, 0.25) is 0 Å². The molecule has 0 aliphatic carbocycles. The lowest BCUT2D eigenvalue weighted by atomic mass is 10.0. The Bertz CT molecular complexity index is 651. The highest BCUT2D eigenvalue weighted by atomic mass is 16.5. The average Bonchev–Trinajstić information content (AvgIpc) is 2.97. The molecule has 7 heteroatoms. The second kappa shape index (κ2) is 5.81. The number of morpholine rings is 1. The van der Waals surface area contributed by atoms with Crippen LogP contribution in [0.1, 0.15) is 12.8 Å². The summed E-state index contributed by atoms with van der Waals surface area (Å²) in [6, 6.07) is 0.597. The zero-order valence-corrected chi connectivity index (χ0v) is 13.0. The number of hydrogen-bond acceptors (Lipinski definition) is 6. The highest BCUT2D eigenvalue weighted by Crippen LogP contribution is 2.26. The minimum Gasteiger partial charge on any atom is -0.379 e. The van der Waals surface area contributed by atoms with Crippen molar-refractivity contribution in [1.29, 1.82) is 0 Å². The minimum atomic E-state index is 0.597. The van der Waals surface area contributed by atoms with Crippen LogP contribution < -0.4 is 4.90 Å². The van der Waals surface area contributed by atoms with Crippen molar-refractivity contribution in [1.82, 2.24) is 24.6 Å². The Morgan fingerprint density at radius 2 is 2.05 bits per heavy atom. The molecule has 0 N–H and O–H groups in total. The number of anilines is 1. The number of ether oxygens (including phenoxy) is 1. The Balaban J connectivity index is 1.58. The molecule has 118 valence electrons. The second-order valence-corrected chi connectivity index (χ2v) is 6.09. The summed E-state index contributed by atoms with van der Waals surface area (Å²) >= 11 is 0. The maximum absolute atomic E-state index is 5.48. The number of rotatable bonds is 2. The lowest BCUT2D eigenvalue weighted by Crippen LogP contribution is -2.51. The van der Waals surface area contributed by atoms with Crippen LogP contribution in [0.25, 0.3) is 11.0 Å². The first kappa shape index (κ1) is 13.9. The largest absolute Gasteiger partial charge is 0.379 e. The first-order valence-electron chi connectivity index (χ1n) is 8.02. The van der Waals surface area contributed by atoms with Gasteiger partial charge in [-0.2, -0.15) is 5.10 Å². The fraction of sp³-hybridized carbons (Fsp3) is 0.667.